The molecule has 2 aromatic carbocycles. The molecule has 4 heteroatoms. The lowest BCUT2D eigenvalue weighted by Crippen LogP contribution is -1.92. The lowest BCUT2D eigenvalue weighted by Gasteiger charge is -2.00. The second-order valence-electron chi connectivity index (χ2n) is 5.20. The molecular weight excluding hydrogens is 290 g/mol. The summed E-state index contributed by atoms with van der Waals surface area (Å²) in [5.74, 6) is 1.69. The fraction of sp³-hybridized carbons (Fsp3) is 0.158. The Balaban J connectivity index is 0.000000136. The number of benzene rings is 2. The third kappa shape index (κ3) is 3.16. The number of methoxy groups -OCH3 is 1. The first kappa shape index (κ1) is 15.0. The molecule has 0 fully saturated rings. The highest BCUT2D eigenvalue weighted by Gasteiger charge is 2.19. The number of Topliss-reactive ketones (excluding diaryl/α,β-unsaturated/α-hetero) is 1. The standard InChI is InChI=1S/C10H9NO.C9H8O2/c1-12-9-4-5-10-8(7-9)3-2-6-11-10;1-6(10)9-7-3-2-4-8(9)11-5-7/h2-7H,1H3;2-4H,5H2,1H3. The van der Waals surface area contributed by atoms with Gasteiger partial charge < -0.3 is 9.47 Å². The Morgan fingerprint density at radius 1 is 1.17 bits per heavy atom. The van der Waals surface area contributed by atoms with Gasteiger partial charge in [-0.1, -0.05) is 18.2 Å². The minimum Gasteiger partial charge on any atom is -0.497 e. The number of ketones is 1. The van der Waals surface area contributed by atoms with Gasteiger partial charge in [0.05, 0.1) is 18.2 Å². The number of hydrogen-bond acceptors (Lipinski definition) is 4. The fourth-order valence-corrected chi connectivity index (χ4v) is 2.55. The molecule has 1 aromatic heterocycles. The second-order valence-corrected chi connectivity index (χ2v) is 5.20. The number of rotatable bonds is 2. The van der Waals surface area contributed by atoms with E-state index in [0.717, 1.165) is 33.5 Å². The van der Waals surface area contributed by atoms with Crippen molar-refractivity contribution in [3.05, 3.63) is 65.9 Å². The second kappa shape index (κ2) is 6.48. The van der Waals surface area contributed by atoms with Gasteiger partial charge in [-0.05, 0) is 37.3 Å². The molecule has 0 radical (unpaired) electrons. The van der Waals surface area contributed by atoms with E-state index in [1.165, 1.54) is 0 Å². The van der Waals surface area contributed by atoms with Crippen molar-refractivity contribution in [2.24, 2.45) is 0 Å². The largest absolute Gasteiger partial charge is 0.497 e. The molecule has 1 aliphatic heterocycles. The molecule has 0 spiro atoms. The van der Waals surface area contributed by atoms with Crippen molar-refractivity contribution >= 4 is 16.7 Å². The molecule has 0 saturated carbocycles. The number of carbonyl (C=O) groups excluding carboxylic acids is 1. The first-order valence-corrected chi connectivity index (χ1v) is 7.33. The maximum atomic E-state index is 11.0. The summed E-state index contributed by atoms with van der Waals surface area (Å²) in [5.41, 5.74) is 2.76. The van der Waals surface area contributed by atoms with E-state index in [9.17, 15) is 4.79 Å². The third-order valence-corrected chi connectivity index (χ3v) is 3.66. The summed E-state index contributed by atoms with van der Waals surface area (Å²) in [5, 5.41) is 1.11. The number of pyridine rings is 1. The zero-order valence-electron chi connectivity index (χ0n) is 13.1. The van der Waals surface area contributed by atoms with Crippen LogP contribution in [0.1, 0.15) is 22.8 Å². The number of aromatic nitrogens is 1. The Morgan fingerprint density at radius 2 is 2.04 bits per heavy atom. The molecule has 2 heterocycles. The molecule has 0 aliphatic carbocycles. The fourth-order valence-electron chi connectivity index (χ4n) is 2.55. The van der Waals surface area contributed by atoms with E-state index in [1.807, 2.05) is 48.5 Å². The van der Waals surface area contributed by atoms with E-state index in [2.05, 4.69) is 4.98 Å². The van der Waals surface area contributed by atoms with Crippen LogP contribution >= 0.6 is 0 Å². The molecule has 1 aliphatic rings. The maximum absolute atomic E-state index is 11.0. The molecule has 4 rings (SSSR count). The quantitative estimate of drug-likeness (QED) is 0.671. The van der Waals surface area contributed by atoms with Gasteiger partial charge in [0.2, 0.25) is 0 Å². The van der Waals surface area contributed by atoms with Crippen LogP contribution in [0.3, 0.4) is 0 Å². The summed E-state index contributed by atoms with van der Waals surface area (Å²) in [7, 11) is 1.66. The minimum absolute atomic E-state index is 0.0908. The van der Waals surface area contributed by atoms with Crippen LogP contribution in [0.25, 0.3) is 10.9 Å². The first-order chi connectivity index (χ1) is 11.2. The van der Waals surface area contributed by atoms with Gasteiger partial charge in [0.15, 0.2) is 5.78 Å². The van der Waals surface area contributed by atoms with Gasteiger partial charge in [0.25, 0.3) is 0 Å². The summed E-state index contributed by atoms with van der Waals surface area (Å²) in [6.07, 6.45) is 1.79. The maximum Gasteiger partial charge on any atom is 0.163 e. The number of carbonyl (C=O) groups is 1. The van der Waals surface area contributed by atoms with Crippen molar-refractivity contribution in [1.82, 2.24) is 4.98 Å². The average Bonchev–Trinajstić information content (AvgIpc) is 2.85. The van der Waals surface area contributed by atoms with Gasteiger partial charge in [-0.25, -0.2) is 0 Å². The van der Waals surface area contributed by atoms with Gasteiger partial charge in [0.1, 0.15) is 18.1 Å². The van der Waals surface area contributed by atoms with Gasteiger partial charge in [0, 0.05) is 17.1 Å². The summed E-state index contributed by atoms with van der Waals surface area (Å²) in [6, 6.07) is 15.4. The monoisotopic (exact) mass is 307 g/mol. The Labute approximate surface area is 134 Å². The van der Waals surface area contributed by atoms with E-state index < -0.39 is 0 Å². The summed E-state index contributed by atoms with van der Waals surface area (Å²) in [4.78, 5) is 15.2. The van der Waals surface area contributed by atoms with Crippen LogP contribution in [0.2, 0.25) is 0 Å². The summed E-state index contributed by atoms with van der Waals surface area (Å²) >= 11 is 0. The Bertz CT molecular complexity index is 836. The average molecular weight is 307 g/mol. The van der Waals surface area contributed by atoms with Crippen molar-refractivity contribution in [3.8, 4) is 11.5 Å². The first-order valence-electron chi connectivity index (χ1n) is 7.33. The molecule has 0 atom stereocenters. The van der Waals surface area contributed by atoms with E-state index in [-0.39, 0.29) is 5.78 Å². The smallest absolute Gasteiger partial charge is 0.163 e. The van der Waals surface area contributed by atoms with E-state index in [1.54, 1.807) is 20.2 Å². The van der Waals surface area contributed by atoms with Crippen molar-refractivity contribution in [2.45, 2.75) is 13.5 Å². The van der Waals surface area contributed by atoms with Gasteiger partial charge in [-0.2, -0.15) is 0 Å². The highest BCUT2D eigenvalue weighted by Crippen LogP contribution is 2.30. The van der Waals surface area contributed by atoms with Crippen molar-refractivity contribution < 1.29 is 14.3 Å². The number of ether oxygens (including phenoxy) is 2. The molecule has 23 heavy (non-hydrogen) atoms. The van der Waals surface area contributed by atoms with Crippen LogP contribution in [-0.2, 0) is 6.61 Å². The zero-order valence-corrected chi connectivity index (χ0v) is 13.1. The van der Waals surface area contributed by atoms with Crippen LogP contribution in [0.15, 0.2) is 54.7 Å². The molecule has 0 amide bonds. The van der Waals surface area contributed by atoms with Crippen molar-refractivity contribution in [1.29, 1.82) is 0 Å². The van der Waals surface area contributed by atoms with Gasteiger partial charge >= 0.3 is 0 Å². The molecule has 2 bridgehead atoms. The van der Waals surface area contributed by atoms with E-state index in [0.29, 0.717) is 6.61 Å². The van der Waals surface area contributed by atoms with Crippen LogP contribution in [0.5, 0.6) is 11.5 Å². The van der Waals surface area contributed by atoms with Crippen LogP contribution in [-0.4, -0.2) is 17.9 Å². The SMILES string of the molecule is CC(=O)c1c2cccc1OC2.COc1ccc2ncccc2c1. The normalized spacial score (nSPS) is 11.4. The van der Waals surface area contributed by atoms with E-state index in [4.69, 9.17) is 9.47 Å². The lowest BCUT2D eigenvalue weighted by molar-refractivity contribution is 0.101. The van der Waals surface area contributed by atoms with Crippen LogP contribution in [0, 0.1) is 0 Å². The minimum atomic E-state index is 0.0908. The Morgan fingerprint density at radius 3 is 2.74 bits per heavy atom. The number of nitrogens with zero attached hydrogens (tertiary/aromatic N) is 1. The molecule has 116 valence electrons. The Kier molecular flexibility index (Phi) is 4.24. The molecule has 0 saturated heterocycles. The molecule has 0 unspecified atom stereocenters. The lowest BCUT2D eigenvalue weighted by atomic mass is 10.1. The summed E-state index contributed by atoms with van der Waals surface area (Å²) in [6.45, 7) is 2.12. The zero-order chi connectivity index (χ0) is 16.2. The number of hydrogen-bond donors (Lipinski definition) is 0. The van der Waals surface area contributed by atoms with Crippen LogP contribution < -0.4 is 9.47 Å². The van der Waals surface area contributed by atoms with Crippen molar-refractivity contribution in [2.75, 3.05) is 7.11 Å². The third-order valence-electron chi connectivity index (χ3n) is 3.66. The van der Waals surface area contributed by atoms with Gasteiger partial charge in [-0.3, -0.25) is 9.78 Å². The molecule has 0 N–H and O–H groups in total. The van der Waals surface area contributed by atoms with Gasteiger partial charge in [-0.15, -0.1) is 0 Å². The van der Waals surface area contributed by atoms with Crippen molar-refractivity contribution in [3.63, 3.8) is 0 Å². The predicted molar refractivity (Wildman–Crippen MR) is 89.1 cm³/mol. The summed E-state index contributed by atoms with van der Waals surface area (Å²) < 4.78 is 10.3. The molecule has 4 nitrogen and oxygen atoms in total. The topological polar surface area (TPSA) is 48.4 Å². The van der Waals surface area contributed by atoms with E-state index >= 15 is 0 Å². The molecule has 3 aromatic rings. The highest BCUT2D eigenvalue weighted by atomic mass is 16.5. The highest BCUT2D eigenvalue weighted by molar-refractivity contribution is 5.98. The predicted octanol–water partition coefficient (Wildman–Crippen LogP) is 4.03. The van der Waals surface area contributed by atoms with Crippen LogP contribution in [0.4, 0.5) is 0 Å². The number of fused-ring (bicyclic) bond motifs is 3. The Hall–Kier alpha value is -2.88. The molecular formula is C19H17NO3.